The van der Waals surface area contributed by atoms with Gasteiger partial charge in [0, 0.05) is 19.8 Å². The standard InChI is InChI=1S/C19H33NO.CH4O/c1-13-4-5-14-10-15(6-8-18(13,14)2)19(3)9-7-17(20)11-16(19)12-21;1-2/h14-17,21H,1,4-12,20H2,2-3H3;2H,1H3. The van der Waals surface area contributed by atoms with Crippen molar-refractivity contribution in [3.8, 4) is 0 Å². The Morgan fingerprint density at radius 1 is 1.09 bits per heavy atom. The molecule has 23 heavy (non-hydrogen) atoms. The molecule has 0 spiro atoms. The van der Waals surface area contributed by atoms with E-state index in [1.54, 1.807) is 0 Å². The maximum atomic E-state index is 9.89. The summed E-state index contributed by atoms with van der Waals surface area (Å²) in [6, 6.07) is 0.301. The van der Waals surface area contributed by atoms with E-state index < -0.39 is 0 Å². The van der Waals surface area contributed by atoms with Gasteiger partial charge in [0.15, 0.2) is 0 Å². The van der Waals surface area contributed by atoms with E-state index in [2.05, 4.69) is 20.4 Å². The molecule has 134 valence electrons. The molecule has 3 aliphatic rings. The number of allylic oxidation sites excluding steroid dienone is 1. The van der Waals surface area contributed by atoms with Crippen LogP contribution in [0.3, 0.4) is 0 Å². The number of fused-ring (bicyclic) bond motifs is 1. The van der Waals surface area contributed by atoms with Crippen LogP contribution in [0.5, 0.6) is 0 Å². The van der Waals surface area contributed by atoms with Crippen molar-refractivity contribution in [3.05, 3.63) is 12.2 Å². The molecular formula is C20H37NO2. The van der Waals surface area contributed by atoms with Gasteiger partial charge in [-0.2, -0.15) is 0 Å². The first-order valence-corrected chi connectivity index (χ1v) is 9.39. The molecule has 4 N–H and O–H groups in total. The molecule has 0 bridgehead atoms. The second-order valence-corrected chi connectivity index (χ2v) is 8.65. The molecule has 0 aliphatic heterocycles. The van der Waals surface area contributed by atoms with Crippen molar-refractivity contribution in [2.75, 3.05) is 13.7 Å². The highest BCUT2D eigenvalue weighted by Crippen LogP contribution is 2.60. The molecule has 3 saturated carbocycles. The van der Waals surface area contributed by atoms with Crippen LogP contribution in [0.25, 0.3) is 0 Å². The molecule has 6 atom stereocenters. The van der Waals surface area contributed by atoms with Gasteiger partial charge in [-0.25, -0.2) is 0 Å². The van der Waals surface area contributed by atoms with E-state index in [1.165, 1.54) is 44.1 Å². The first-order chi connectivity index (χ1) is 10.9. The lowest BCUT2D eigenvalue weighted by Gasteiger charge is -2.53. The summed E-state index contributed by atoms with van der Waals surface area (Å²) in [7, 11) is 1.00. The third-order valence-electron chi connectivity index (χ3n) is 7.81. The zero-order valence-electron chi connectivity index (χ0n) is 15.4. The first kappa shape index (κ1) is 19.0. The predicted molar refractivity (Wildman–Crippen MR) is 96.0 cm³/mol. The Hall–Kier alpha value is -0.380. The summed E-state index contributed by atoms with van der Waals surface area (Å²) in [6.07, 6.45) is 9.89. The molecule has 0 amide bonds. The van der Waals surface area contributed by atoms with Gasteiger partial charge in [-0.15, -0.1) is 0 Å². The largest absolute Gasteiger partial charge is 0.400 e. The average Bonchev–Trinajstić information content (AvgIpc) is 2.86. The number of hydrogen-bond acceptors (Lipinski definition) is 3. The van der Waals surface area contributed by atoms with Gasteiger partial charge in [0.2, 0.25) is 0 Å². The smallest absolute Gasteiger partial charge is 0.0465 e. The summed E-state index contributed by atoms with van der Waals surface area (Å²) < 4.78 is 0. The summed E-state index contributed by atoms with van der Waals surface area (Å²) in [4.78, 5) is 0. The predicted octanol–water partition coefficient (Wildman–Crippen LogP) is 3.49. The lowest BCUT2D eigenvalue weighted by molar-refractivity contribution is -0.0372. The minimum atomic E-state index is 0.301. The molecule has 0 aromatic rings. The van der Waals surface area contributed by atoms with Gasteiger partial charge in [-0.05, 0) is 80.0 Å². The van der Waals surface area contributed by atoms with Gasteiger partial charge in [0.1, 0.15) is 0 Å². The highest BCUT2D eigenvalue weighted by Gasteiger charge is 2.51. The lowest BCUT2D eigenvalue weighted by atomic mass is 9.53. The highest BCUT2D eigenvalue weighted by molar-refractivity contribution is 5.19. The van der Waals surface area contributed by atoms with Gasteiger partial charge in [-0.1, -0.05) is 26.0 Å². The summed E-state index contributed by atoms with van der Waals surface area (Å²) in [5, 5.41) is 16.9. The Morgan fingerprint density at radius 2 is 1.78 bits per heavy atom. The fourth-order valence-corrected chi connectivity index (χ4v) is 5.81. The molecule has 3 fully saturated rings. The maximum absolute atomic E-state index is 9.89. The van der Waals surface area contributed by atoms with Crippen molar-refractivity contribution < 1.29 is 10.2 Å². The van der Waals surface area contributed by atoms with E-state index in [9.17, 15) is 5.11 Å². The van der Waals surface area contributed by atoms with Gasteiger partial charge < -0.3 is 15.9 Å². The van der Waals surface area contributed by atoms with Gasteiger partial charge in [0.05, 0.1) is 0 Å². The van der Waals surface area contributed by atoms with Crippen LogP contribution < -0.4 is 5.73 Å². The third kappa shape index (κ3) is 3.25. The van der Waals surface area contributed by atoms with E-state index in [0.717, 1.165) is 31.8 Å². The Balaban J connectivity index is 0.000000924. The number of hydrogen-bond donors (Lipinski definition) is 3. The van der Waals surface area contributed by atoms with E-state index in [1.807, 2.05) is 0 Å². The second-order valence-electron chi connectivity index (χ2n) is 8.65. The molecule has 0 heterocycles. The fraction of sp³-hybridized carbons (Fsp3) is 0.900. The second kappa shape index (κ2) is 7.25. The summed E-state index contributed by atoms with van der Waals surface area (Å²) in [5.41, 5.74) is 8.36. The van der Waals surface area contributed by atoms with E-state index in [4.69, 9.17) is 10.8 Å². The zero-order valence-corrected chi connectivity index (χ0v) is 15.4. The molecule has 3 nitrogen and oxygen atoms in total. The van der Waals surface area contributed by atoms with Crippen molar-refractivity contribution in [1.29, 1.82) is 0 Å². The van der Waals surface area contributed by atoms with Gasteiger partial charge in [-0.3, -0.25) is 0 Å². The summed E-state index contributed by atoms with van der Waals surface area (Å²) >= 11 is 0. The van der Waals surface area contributed by atoms with Crippen molar-refractivity contribution in [1.82, 2.24) is 0 Å². The summed E-state index contributed by atoms with van der Waals surface area (Å²) in [5.74, 6) is 2.00. The Kier molecular flexibility index (Phi) is 5.97. The van der Waals surface area contributed by atoms with Crippen LogP contribution in [0, 0.1) is 28.6 Å². The van der Waals surface area contributed by atoms with Crippen LogP contribution >= 0.6 is 0 Å². The molecule has 0 aromatic carbocycles. The van der Waals surface area contributed by atoms with Crippen molar-refractivity contribution in [3.63, 3.8) is 0 Å². The van der Waals surface area contributed by atoms with Crippen molar-refractivity contribution in [2.45, 2.75) is 71.3 Å². The molecule has 3 rings (SSSR count). The Bertz CT molecular complexity index is 424. The molecular weight excluding hydrogens is 286 g/mol. The van der Waals surface area contributed by atoms with Crippen LogP contribution in [0.15, 0.2) is 12.2 Å². The molecule has 3 heteroatoms. The first-order valence-electron chi connectivity index (χ1n) is 9.39. The normalized spacial score (nSPS) is 46.8. The van der Waals surface area contributed by atoms with Crippen LogP contribution in [-0.4, -0.2) is 30.0 Å². The topological polar surface area (TPSA) is 66.5 Å². The minimum absolute atomic E-state index is 0.301. The molecule has 0 radical (unpaired) electrons. The lowest BCUT2D eigenvalue weighted by Crippen LogP contribution is -2.48. The third-order valence-corrected chi connectivity index (χ3v) is 7.81. The number of rotatable bonds is 2. The quantitative estimate of drug-likeness (QED) is 0.681. The van der Waals surface area contributed by atoms with Gasteiger partial charge in [0.25, 0.3) is 0 Å². The Morgan fingerprint density at radius 3 is 2.43 bits per heavy atom. The van der Waals surface area contributed by atoms with Gasteiger partial charge >= 0.3 is 0 Å². The molecule has 3 aliphatic carbocycles. The molecule has 0 aromatic heterocycles. The van der Waals surface area contributed by atoms with Crippen LogP contribution in [-0.2, 0) is 0 Å². The fourth-order valence-electron chi connectivity index (χ4n) is 5.81. The van der Waals surface area contributed by atoms with E-state index in [0.29, 0.717) is 29.4 Å². The molecule has 0 saturated heterocycles. The zero-order chi connectivity index (χ0) is 17.3. The average molecular weight is 324 g/mol. The molecule has 6 unspecified atom stereocenters. The number of nitrogens with two attached hydrogens (primary N) is 1. The number of aliphatic hydroxyl groups is 2. The van der Waals surface area contributed by atoms with Crippen molar-refractivity contribution >= 4 is 0 Å². The van der Waals surface area contributed by atoms with Crippen LogP contribution in [0.4, 0.5) is 0 Å². The highest BCUT2D eigenvalue weighted by atomic mass is 16.3. The Labute approximate surface area is 142 Å². The summed E-state index contributed by atoms with van der Waals surface area (Å²) in [6.45, 7) is 9.56. The maximum Gasteiger partial charge on any atom is 0.0465 e. The minimum Gasteiger partial charge on any atom is -0.400 e. The van der Waals surface area contributed by atoms with E-state index >= 15 is 0 Å². The van der Waals surface area contributed by atoms with Crippen LogP contribution in [0.2, 0.25) is 0 Å². The SMILES string of the molecule is C=C1CCC2CC(C3(C)CCC(N)CC3CO)CCC12C.CO. The van der Waals surface area contributed by atoms with Crippen molar-refractivity contribution in [2.24, 2.45) is 34.3 Å². The monoisotopic (exact) mass is 323 g/mol. The van der Waals surface area contributed by atoms with Crippen LogP contribution in [0.1, 0.15) is 65.2 Å². The number of aliphatic hydroxyl groups excluding tert-OH is 2. The van der Waals surface area contributed by atoms with E-state index in [-0.39, 0.29) is 0 Å².